The van der Waals surface area contributed by atoms with Gasteiger partial charge in [-0.25, -0.2) is 4.39 Å². The number of halogens is 2. The van der Waals surface area contributed by atoms with Crippen LogP contribution in [0.25, 0.3) is 0 Å². The number of fused-ring (bicyclic) bond motifs is 2. The molecule has 2 saturated carbocycles. The molecule has 1 amide bonds. The molecule has 1 aromatic heterocycles. The van der Waals surface area contributed by atoms with E-state index < -0.39 is 24.2 Å². The molecular weight excluding hydrogens is 571 g/mol. The Kier molecular flexibility index (Phi) is 9.67. The van der Waals surface area contributed by atoms with Gasteiger partial charge in [0.2, 0.25) is 0 Å². The first-order valence-corrected chi connectivity index (χ1v) is 16.8. The summed E-state index contributed by atoms with van der Waals surface area (Å²) in [7, 11) is 0. The van der Waals surface area contributed by atoms with Crippen molar-refractivity contribution in [2.75, 3.05) is 39.3 Å². The average Bonchev–Trinajstić information content (AvgIpc) is 3.50. The number of carbonyl (C=O) groups excluding carboxylic acids is 2. The van der Waals surface area contributed by atoms with Gasteiger partial charge in [0.05, 0.1) is 41.6 Å². The number of nitrogens with one attached hydrogen (secondary N) is 1. The molecule has 0 radical (unpaired) electrons. The predicted molar refractivity (Wildman–Crippen MR) is 162 cm³/mol. The highest BCUT2D eigenvalue weighted by molar-refractivity contribution is 6.21. The molecule has 4 heterocycles. The summed E-state index contributed by atoms with van der Waals surface area (Å²) in [5.41, 5.74) is 1.08. The maximum absolute atomic E-state index is 16.3. The Morgan fingerprint density at radius 1 is 1.16 bits per heavy atom. The molecule has 0 aromatic carbocycles. The zero-order valence-electron chi connectivity index (χ0n) is 25.4. The Labute approximate surface area is 259 Å². The number of hydrogen-bond acceptors (Lipinski definition) is 8. The third kappa shape index (κ3) is 6.22. The first kappa shape index (κ1) is 30.9. The van der Waals surface area contributed by atoms with E-state index in [1.54, 1.807) is 24.8 Å². The van der Waals surface area contributed by atoms with Crippen molar-refractivity contribution in [1.82, 2.24) is 30.0 Å². The van der Waals surface area contributed by atoms with Crippen LogP contribution in [0.4, 0.5) is 4.39 Å². The summed E-state index contributed by atoms with van der Waals surface area (Å²) in [6.45, 7) is 9.24. The number of unbranched alkanes of at least 4 members (excludes halogenated alkanes) is 1. The van der Waals surface area contributed by atoms with Gasteiger partial charge in [-0.3, -0.25) is 24.5 Å². The largest absolute Gasteiger partial charge is 0.369 e. The summed E-state index contributed by atoms with van der Waals surface area (Å²) in [5.74, 6) is -1.05. The van der Waals surface area contributed by atoms with Crippen molar-refractivity contribution in [3.63, 3.8) is 0 Å². The number of ketones is 1. The van der Waals surface area contributed by atoms with Gasteiger partial charge in [0.25, 0.3) is 5.91 Å². The number of Topliss-reactive ketones (excluding diaryl/α,β-unsaturated/α-hetero) is 1. The molecule has 9 nitrogen and oxygen atoms in total. The smallest absolute Gasteiger partial charge is 0.256 e. The normalized spacial score (nSPS) is 35.8. The maximum Gasteiger partial charge on any atom is 0.256 e. The summed E-state index contributed by atoms with van der Waals surface area (Å²) < 4.78 is 23.1. The van der Waals surface area contributed by atoms with E-state index in [4.69, 9.17) is 16.3 Å². The number of aromatic nitrogens is 2. The quantitative estimate of drug-likeness (QED) is 0.243. The van der Waals surface area contributed by atoms with E-state index >= 15 is 4.39 Å². The van der Waals surface area contributed by atoms with Crippen molar-refractivity contribution >= 4 is 23.3 Å². The van der Waals surface area contributed by atoms with Gasteiger partial charge in [-0.15, -0.1) is 11.6 Å². The van der Waals surface area contributed by atoms with Crippen LogP contribution in [0.15, 0.2) is 30.4 Å². The second-order valence-electron chi connectivity index (χ2n) is 12.9. The molecule has 43 heavy (non-hydrogen) atoms. The molecule has 9 unspecified atom stereocenters. The minimum absolute atomic E-state index is 0.00796. The molecule has 9 atom stereocenters. The second-order valence-corrected chi connectivity index (χ2v) is 13.5. The van der Waals surface area contributed by atoms with E-state index in [1.165, 1.54) is 0 Å². The number of morpholine rings is 1. The fourth-order valence-corrected chi connectivity index (χ4v) is 8.55. The van der Waals surface area contributed by atoms with Crippen molar-refractivity contribution in [2.24, 2.45) is 5.92 Å². The van der Waals surface area contributed by atoms with E-state index in [9.17, 15) is 9.59 Å². The third-order valence-corrected chi connectivity index (χ3v) is 10.9. The Hall–Kier alpha value is -2.14. The maximum atomic E-state index is 16.3. The van der Waals surface area contributed by atoms with E-state index in [0.29, 0.717) is 13.1 Å². The third-order valence-electron chi connectivity index (χ3n) is 10.5. The lowest BCUT2D eigenvalue weighted by atomic mass is 9.69. The van der Waals surface area contributed by atoms with Crippen molar-refractivity contribution < 1.29 is 18.7 Å². The summed E-state index contributed by atoms with van der Waals surface area (Å²) in [5, 5.41) is 2.99. The summed E-state index contributed by atoms with van der Waals surface area (Å²) in [6, 6.07) is -0.802. The van der Waals surface area contributed by atoms with E-state index in [2.05, 4.69) is 43.8 Å². The lowest BCUT2D eigenvalue weighted by molar-refractivity contribution is -0.209. The molecule has 2 aliphatic carbocycles. The molecule has 0 spiro atoms. The molecular formula is C32H46ClFN6O3. The van der Waals surface area contributed by atoms with Crippen molar-refractivity contribution in [1.29, 1.82) is 0 Å². The van der Waals surface area contributed by atoms with E-state index in [-0.39, 0.29) is 53.2 Å². The molecule has 1 N–H and O–H groups in total. The van der Waals surface area contributed by atoms with Crippen LogP contribution >= 0.6 is 11.6 Å². The van der Waals surface area contributed by atoms with Gasteiger partial charge in [0.15, 0.2) is 5.78 Å². The molecule has 0 bridgehead atoms. The lowest BCUT2D eigenvalue weighted by Gasteiger charge is -2.60. The second kappa shape index (κ2) is 13.5. The number of amides is 1. The Bertz CT molecular complexity index is 1170. The summed E-state index contributed by atoms with van der Waals surface area (Å²) in [4.78, 5) is 42.8. The van der Waals surface area contributed by atoms with Crippen molar-refractivity contribution in [2.45, 2.75) is 107 Å². The van der Waals surface area contributed by atoms with Gasteiger partial charge in [-0.2, -0.15) is 0 Å². The van der Waals surface area contributed by atoms with Crippen LogP contribution in [0.5, 0.6) is 0 Å². The number of alkyl halides is 2. The fraction of sp³-hybridized carbons (Fsp3) is 0.750. The number of likely N-dealkylation sites (tertiary alicyclic amines) is 1. The summed E-state index contributed by atoms with van der Waals surface area (Å²) >= 11 is 6.66. The number of rotatable bonds is 10. The van der Waals surface area contributed by atoms with Crippen LogP contribution in [-0.4, -0.2) is 118 Å². The number of hydrogen-bond donors (Lipinski definition) is 1. The minimum Gasteiger partial charge on any atom is -0.369 e. The molecule has 3 aliphatic heterocycles. The number of ether oxygens (including phenoxy) is 1. The first-order valence-electron chi connectivity index (χ1n) is 16.4. The van der Waals surface area contributed by atoms with Crippen LogP contribution in [0, 0.1) is 5.92 Å². The standard InChI is InChI=1S/C32H46ClFN6O3/c1-3-38(4-2)13-6-5-10-37-32(42)23-19-40-26-15-21(33)7-8-27(26)43-31-28(40)22(30(23)41)16-24(34)29(31)39-14-9-20(18-39)25-17-35-11-12-36-25/h11-12,17,19-22,24,26-29,31H,3-10,13-16,18H2,1-2H3,(H,37,42). The zero-order valence-corrected chi connectivity index (χ0v) is 26.2. The lowest BCUT2D eigenvalue weighted by Crippen LogP contribution is -2.73. The zero-order chi connectivity index (χ0) is 30.1. The van der Waals surface area contributed by atoms with Gasteiger partial charge in [0, 0.05) is 55.1 Å². The van der Waals surface area contributed by atoms with Crippen LogP contribution in [0.2, 0.25) is 0 Å². The first-order chi connectivity index (χ1) is 20.9. The number of carbonyl (C=O) groups is 2. The molecule has 1 aromatic rings. The SMILES string of the molecule is CCN(CC)CCCCNC(=O)C1=CN2C3CC(Cl)CCC3OC3C(N4CCC(c5cnccn5)C4)C(F)CC(C1=O)C32. The van der Waals surface area contributed by atoms with Crippen LogP contribution < -0.4 is 5.32 Å². The number of nitrogens with zero attached hydrogens (tertiary/aromatic N) is 5. The Balaban J connectivity index is 1.21. The average molecular weight is 617 g/mol. The molecule has 4 fully saturated rings. The highest BCUT2D eigenvalue weighted by atomic mass is 35.5. The molecule has 11 heteroatoms. The predicted octanol–water partition coefficient (Wildman–Crippen LogP) is 3.30. The minimum atomic E-state index is -1.24. The topological polar surface area (TPSA) is 90.9 Å². The van der Waals surface area contributed by atoms with E-state index in [1.807, 2.05) is 0 Å². The van der Waals surface area contributed by atoms with Gasteiger partial charge in [-0.1, -0.05) is 13.8 Å². The molecule has 5 aliphatic rings. The van der Waals surface area contributed by atoms with Gasteiger partial charge in [0.1, 0.15) is 6.17 Å². The van der Waals surface area contributed by atoms with Crippen molar-refractivity contribution in [3.05, 3.63) is 36.1 Å². The Morgan fingerprint density at radius 2 is 2.00 bits per heavy atom. The Morgan fingerprint density at radius 3 is 2.77 bits per heavy atom. The molecule has 6 rings (SSSR count). The molecule has 236 valence electrons. The van der Waals surface area contributed by atoms with Crippen molar-refractivity contribution in [3.8, 4) is 0 Å². The van der Waals surface area contributed by atoms with Gasteiger partial charge >= 0.3 is 0 Å². The molecule has 2 saturated heterocycles. The highest BCUT2D eigenvalue weighted by Crippen LogP contribution is 2.48. The van der Waals surface area contributed by atoms with Crippen LogP contribution in [-0.2, 0) is 14.3 Å². The van der Waals surface area contributed by atoms with Gasteiger partial charge in [-0.05, 0) is 71.1 Å². The monoisotopic (exact) mass is 616 g/mol. The fourth-order valence-electron chi connectivity index (χ4n) is 8.24. The van der Waals surface area contributed by atoms with Crippen LogP contribution in [0.1, 0.15) is 70.4 Å². The van der Waals surface area contributed by atoms with Gasteiger partial charge < -0.3 is 19.9 Å². The van der Waals surface area contributed by atoms with E-state index in [0.717, 1.165) is 70.4 Å². The highest BCUT2D eigenvalue weighted by Gasteiger charge is 2.60. The summed E-state index contributed by atoms with van der Waals surface area (Å²) in [6.07, 6.45) is 10.3. The van der Waals surface area contributed by atoms with Crippen LogP contribution in [0.3, 0.4) is 0 Å².